The van der Waals surface area contributed by atoms with Gasteiger partial charge in [0.2, 0.25) is 0 Å². The van der Waals surface area contributed by atoms with E-state index in [0.29, 0.717) is 58.4 Å². The van der Waals surface area contributed by atoms with Crippen LogP contribution < -0.4 is 11.4 Å². The number of benzene rings is 2. The number of nitrogens with one attached hydrogen (secondary N) is 1. The standard InChI is InChI=1S/C31H35FN4O2/c1-18(33)9-14-27(37)24-16-25(28(32)23-8-6-5-7-22(23)24)26-15-19-17-36(30(38)35-29(19)34-26)21-12-10-20(11-13-21)31(2,3)4/h5,7,10-13,15-18,27,37H,6,8-9,14,33H2,1-4H3,(H,34,35,38)/t18-,27?/m0/s1. The molecule has 2 aromatic carbocycles. The number of halogens is 1. The number of aromatic amines is 1. The van der Waals surface area contributed by atoms with Gasteiger partial charge in [-0.3, -0.25) is 4.57 Å². The Morgan fingerprint density at radius 3 is 2.61 bits per heavy atom. The number of fused-ring (bicyclic) bond motifs is 2. The zero-order chi connectivity index (χ0) is 27.2. The van der Waals surface area contributed by atoms with Gasteiger partial charge in [0.25, 0.3) is 0 Å². The summed E-state index contributed by atoms with van der Waals surface area (Å²) in [6.07, 6.45) is 7.34. The van der Waals surface area contributed by atoms with Crippen molar-refractivity contribution in [1.29, 1.82) is 0 Å². The van der Waals surface area contributed by atoms with Gasteiger partial charge in [-0.1, -0.05) is 45.1 Å². The van der Waals surface area contributed by atoms with Crippen LogP contribution in [0.1, 0.15) is 75.3 Å². The summed E-state index contributed by atoms with van der Waals surface area (Å²) in [6.45, 7) is 8.33. The number of nitrogens with zero attached hydrogens (tertiary/aromatic N) is 2. The summed E-state index contributed by atoms with van der Waals surface area (Å²) >= 11 is 0. The minimum atomic E-state index is -0.758. The number of aromatic nitrogens is 3. The number of hydrogen-bond donors (Lipinski definition) is 3. The molecule has 0 spiro atoms. The Labute approximate surface area is 222 Å². The summed E-state index contributed by atoms with van der Waals surface area (Å²) in [5.74, 6) is -0.313. The molecule has 4 N–H and O–H groups in total. The molecule has 38 heavy (non-hydrogen) atoms. The second-order valence-electron chi connectivity index (χ2n) is 11.4. The van der Waals surface area contributed by atoms with E-state index in [0.717, 1.165) is 12.0 Å². The predicted molar refractivity (Wildman–Crippen MR) is 151 cm³/mol. The minimum Gasteiger partial charge on any atom is -0.388 e. The second-order valence-corrected chi connectivity index (χ2v) is 11.4. The number of hydrogen-bond acceptors (Lipinski definition) is 4. The van der Waals surface area contributed by atoms with Crippen LogP contribution in [-0.2, 0) is 11.8 Å². The molecular formula is C31H35FN4O2. The highest BCUT2D eigenvalue weighted by atomic mass is 19.1. The third-order valence-electron chi connectivity index (χ3n) is 7.35. The van der Waals surface area contributed by atoms with E-state index in [1.54, 1.807) is 12.3 Å². The summed E-state index contributed by atoms with van der Waals surface area (Å²) in [7, 11) is 0. The van der Waals surface area contributed by atoms with Crippen LogP contribution in [0.25, 0.3) is 34.1 Å². The molecule has 2 heterocycles. The SMILES string of the molecule is C[C@H](N)CCC(O)c1cc(-c2cc3cn(-c4ccc(C(C)(C)C)cc4)c(=O)nc3[nH]2)c(F)c2c1C=CCC2. The lowest BCUT2D eigenvalue weighted by Crippen LogP contribution is -2.20. The number of rotatable bonds is 6. The molecule has 6 nitrogen and oxygen atoms in total. The van der Waals surface area contributed by atoms with E-state index in [1.807, 2.05) is 49.4 Å². The smallest absolute Gasteiger partial charge is 0.354 e. The zero-order valence-electron chi connectivity index (χ0n) is 22.4. The number of aliphatic hydroxyl groups is 1. The summed E-state index contributed by atoms with van der Waals surface area (Å²) in [5.41, 5.74) is 10.7. The van der Waals surface area contributed by atoms with Crippen LogP contribution in [0.4, 0.5) is 4.39 Å². The summed E-state index contributed by atoms with van der Waals surface area (Å²) in [6, 6.07) is 11.4. The molecule has 0 radical (unpaired) electrons. The lowest BCUT2D eigenvalue weighted by atomic mass is 9.86. The van der Waals surface area contributed by atoms with Gasteiger partial charge >= 0.3 is 5.69 Å². The summed E-state index contributed by atoms with van der Waals surface area (Å²) in [4.78, 5) is 20.3. The van der Waals surface area contributed by atoms with Crippen molar-refractivity contribution in [1.82, 2.24) is 14.5 Å². The third kappa shape index (κ3) is 4.96. The van der Waals surface area contributed by atoms with E-state index in [1.165, 1.54) is 10.1 Å². The average Bonchev–Trinajstić information content (AvgIpc) is 3.29. The van der Waals surface area contributed by atoms with Crippen LogP contribution in [0.2, 0.25) is 0 Å². The van der Waals surface area contributed by atoms with Crippen molar-refractivity contribution in [2.24, 2.45) is 5.73 Å². The zero-order valence-corrected chi connectivity index (χ0v) is 22.4. The van der Waals surface area contributed by atoms with Gasteiger partial charge in [0.15, 0.2) is 0 Å². The second kappa shape index (κ2) is 9.97. The molecule has 5 rings (SSSR count). The number of nitrogens with two attached hydrogens (primary N) is 1. The van der Waals surface area contributed by atoms with Gasteiger partial charge in [-0.25, -0.2) is 9.18 Å². The monoisotopic (exact) mass is 514 g/mol. The molecule has 0 amide bonds. The molecule has 1 unspecified atom stereocenters. The highest BCUT2D eigenvalue weighted by Gasteiger charge is 2.24. The Hall–Kier alpha value is -3.55. The van der Waals surface area contributed by atoms with E-state index in [2.05, 4.69) is 30.7 Å². The molecule has 0 bridgehead atoms. The van der Waals surface area contributed by atoms with Crippen molar-refractivity contribution < 1.29 is 9.50 Å². The summed E-state index contributed by atoms with van der Waals surface area (Å²) < 4.78 is 17.3. The Bertz CT molecular complexity index is 1570. The first-order valence-electron chi connectivity index (χ1n) is 13.2. The van der Waals surface area contributed by atoms with Crippen molar-refractivity contribution in [3.63, 3.8) is 0 Å². The van der Waals surface area contributed by atoms with E-state index in [4.69, 9.17) is 5.73 Å². The van der Waals surface area contributed by atoms with Crippen LogP contribution >= 0.6 is 0 Å². The van der Waals surface area contributed by atoms with Crippen molar-refractivity contribution >= 4 is 17.1 Å². The predicted octanol–water partition coefficient (Wildman–Crippen LogP) is 5.94. The molecule has 0 saturated carbocycles. The lowest BCUT2D eigenvalue weighted by Gasteiger charge is -2.22. The van der Waals surface area contributed by atoms with Crippen LogP contribution in [0.5, 0.6) is 0 Å². The Kier molecular flexibility index (Phi) is 6.84. The molecule has 1 aliphatic carbocycles. The van der Waals surface area contributed by atoms with Crippen molar-refractivity contribution in [2.75, 3.05) is 0 Å². The summed E-state index contributed by atoms with van der Waals surface area (Å²) in [5, 5.41) is 11.7. The Morgan fingerprint density at radius 1 is 1.18 bits per heavy atom. The Morgan fingerprint density at radius 2 is 1.92 bits per heavy atom. The molecule has 7 heteroatoms. The fraction of sp³-hybridized carbons (Fsp3) is 0.355. The Balaban J connectivity index is 1.58. The van der Waals surface area contributed by atoms with Gasteiger partial charge in [0, 0.05) is 23.2 Å². The van der Waals surface area contributed by atoms with Crippen molar-refractivity contribution in [3.8, 4) is 16.9 Å². The molecular weight excluding hydrogens is 479 g/mol. The highest BCUT2D eigenvalue weighted by Crippen LogP contribution is 2.37. The van der Waals surface area contributed by atoms with E-state index in [9.17, 15) is 9.90 Å². The van der Waals surface area contributed by atoms with Crippen LogP contribution in [0.15, 0.2) is 53.5 Å². The van der Waals surface area contributed by atoms with E-state index in [-0.39, 0.29) is 17.3 Å². The van der Waals surface area contributed by atoms with Gasteiger partial charge in [0.1, 0.15) is 11.5 Å². The van der Waals surface area contributed by atoms with E-state index >= 15 is 4.39 Å². The van der Waals surface area contributed by atoms with Gasteiger partial charge in [-0.2, -0.15) is 4.98 Å². The molecule has 2 atom stereocenters. The quantitative estimate of drug-likeness (QED) is 0.297. The lowest BCUT2D eigenvalue weighted by molar-refractivity contribution is 0.162. The molecule has 4 aromatic rings. The molecule has 2 aromatic heterocycles. The van der Waals surface area contributed by atoms with Crippen LogP contribution in [0.3, 0.4) is 0 Å². The topological polar surface area (TPSA) is 96.9 Å². The molecule has 1 aliphatic rings. The normalized spacial score (nSPS) is 15.0. The van der Waals surface area contributed by atoms with Crippen molar-refractivity contribution in [3.05, 3.63) is 87.2 Å². The van der Waals surface area contributed by atoms with Gasteiger partial charge in [0.05, 0.1) is 17.5 Å². The number of H-pyrrole nitrogens is 1. The fourth-order valence-corrected chi connectivity index (χ4v) is 5.12. The molecule has 0 saturated heterocycles. The molecule has 198 valence electrons. The van der Waals surface area contributed by atoms with E-state index < -0.39 is 11.8 Å². The van der Waals surface area contributed by atoms with Gasteiger partial charge < -0.3 is 15.8 Å². The first-order valence-corrected chi connectivity index (χ1v) is 13.2. The first kappa shape index (κ1) is 26.1. The number of aliphatic hydroxyl groups excluding tert-OH is 1. The minimum absolute atomic E-state index is 0.00493. The maximum absolute atomic E-state index is 15.8. The third-order valence-corrected chi connectivity index (χ3v) is 7.35. The van der Waals surface area contributed by atoms with Crippen LogP contribution in [0, 0.1) is 5.82 Å². The van der Waals surface area contributed by atoms with Gasteiger partial charge in [-0.05, 0) is 84.5 Å². The maximum Gasteiger partial charge on any atom is 0.354 e. The van der Waals surface area contributed by atoms with Gasteiger partial charge in [-0.15, -0.1) is 0 Å². The largest absolute Gasteiger partial charge is 0.388 e. The van der Waals surface area contributed by atoms with Crippen LogP contribution in [-0.4, -0.2) is 25.7 Å². The molecule has 0 aliphatic heterocycles. The molecule has 0 fully saturated rings. The first-order chi connectivity index (χ1) is 18.0. The average molecular weight is 515 g/mol. The van der Waals surface area contributed by atoms with Crippen molar-refractivity contribution in [2.45, 2.75) is 70.9 Å². The number of allylic oxidation sites excluding steroid dienone is 1. The highest BCUT2D eigenvalue weighted by molar-refractivity contribution is 5.83. The fourth-order valence-electron chi connectivity index (χ4n) is 5.12. The maximum atomic E-state index is 15.8.